The minimum absolute atomic E-state index is 0.225. The number of hydrogen-bond donors (Lipinski definition) is 0. The van der Waals surface area contributed by atoms with Crippen LogP contribution in [0.5, 0.6) is 0 Å². The number of furan rings is 1. The van der Waals surface area contributed by atoms with Crippen LogP contribution in [0, 0.1) is 12.8 Å². The molecule has 2 unspecified atom stereocenters. The summed E-state index contributed by atoms with van der Waals surface area (Å²) in [7, 11) is -1.64. The highest BCUT2D eigenvalue weighted by molar-refractivity contribution is 6.89. The van der Waals surface area contributed by atoms with Crippen molar-refractivity contribution in [2.45, 2.75) is 90.9 Å². The molecule has 2 atom stereocenters. The summed E-state index contributed by atoms with van der Waals surface area (Å²) in [4.78, 5) is 9.93. The van der Waals surface area contributed by atoms with E-state index in [1.165, 1.54) is 35.2 Å². The van der Waals surface area contributed by atoms with Crippen molar-refractivity contribution in [1.29, 1.82) is 0 Å². The van der Waals surface area contributed by atoms with Gasteiger partial charge in [0.15, 0.2) is 12.2 Å². The summed E-state index contributed by atoms with van der Waals surface area (Å²) >= 11 is 0. The summed E-state index contributed by atoms with van der Waals surface area (Å²) in [6, 6.07) is 20.6. The second kappa shape index (κ2) is 12.2. The molecule has 0 bridgehead atoms. The summed E-state index contributed by atoms with van der Waals surface area (Å²) in [5.74, 6) is 1.03. The molecule has 2 aliphatic rings. The summed E-state index contributed by atoms with van der Waals surface area (Å²) < 4.78 is 9.14. The van der Waals surface area contributed by atoms with Crippen molar-refractivity contribution in [1.82, 2.24) is 4.98 Å². The average Bonchev–Trinajstić information content (AvgIpc) is 3.42. The third-order valence-electron chi connectivity index (χ3n) is 10.8. The van der Waals surface area contributed by atoms with Gasteiger partial charge in [0, 0.05) is 50.5 Å². The van der Waals surface area contributed by atoms with Crippen LogP contribution < -0.4 is 9.75 Å². The van der Waals surface area contributed by atoms with E-state index in [4.69, 9.17) is 14.4 Å². The van der Waals surface area contributed by atoms with Crippen LogP contribution in [-0.4, -0.2) is 18.8 Å². The first kappa shape index (κ1) is 31.5. The van der Waals surface area contributed by atoms with Gasteiger partial charge in [0.25, 0.3) is 0 Å². The van der Waals surface area contributed by atoms with Gasteiger partial charge in [-0.1, -0.05) is 89.8 Å². The van der Waals surface area contributed by atoms with Gasteiger partial charge >= 0.3 is 0 Å². The number of nitrogens with zero attached hydrogens (tertiary/aromatic N) is 3. The molecule has 0 aliphatic carbocycles. The summed E-state index contributed by atoms with van der Waals surface area (Å²) in [5, 5.41) is 3.69. The number of benzene rings is 2. The van der Waals surface area contributed by atoms with Gasteiger partial charge in [0.05, 0.1) is 20.2 Å². The molecule has 7 rings (SSSR count). The third-order valence-corrected chi connectivity index (χ3v) is 12.8. The molecule has 2 aromatic carbocycles. The van der Waals surface area contributed by atoms with E-state index in [1.807, 2.05) is 19.1 Å². The Balaban J connectivity index is 1.41. The summed E-state index contributed by atoms with van der Waals surface area (Å²) in [5.41, 5.74) is 12.1. The van der Waals surface area contributed by atoms with Gasteiger partial charge in [-0.2, -0.15) is 4.57 Å². The van der Waals surface area contributed by atoms with Crippen molar-refractivity contribution in [3.63, 3.8) is 0 Å². The SMILES string of the molecule is C=C/C1=N/C(=C)CC2C(CCc3ccc4c(oc5nc(C)ccc54)c31)c1ccccc1-c1cc(CC(CC)CC)c([Si](C)(C)C)c[n+]12. The molecular weight excluding hydrogens is 591 g/mol. The zero-order valence-electron chi connectivity index (χ0n) is 29.0. The maximum Gasteiger partial charge on any atom is 0.227 e. The maximum absolute atomic E-state index is 6.51. The number of aryl methyl sites for hydroxylation is 2. The minimum Gasteiger partial charge on any atom is -0.437 e. The molecule has 0 fully saturated rings. The van der Waals surface area contributed by atoms with Gasteiger partial charge in [0.1, 0.15) is 5.58 Å². The topological polar surface area (TPSA) is 42.3 Å². The first-order valence-electron chi connectivity index (χ1n) is 17.5. The fourth-order valence-electron chi connectivity index (χ4n) is 8.19. The summed E-state index contributed by atoms with van der Waals surface area (Å²) in [6.45, 7) is 23.0. The lowest BCUT2D eigenvalue weighted by Crippen LogP contribution is -2.54. The van der Waals surface area contributed by atoms with Crippen molar-refractivity contribution < 1.29 is 8.98 Å². The van der Waals surface area contributed by atoms with Crippen LogP contribution in [-0.2, 0) is 12.8 Å². The van der Waals surface area contributed by atoms with Crippen molar-refractivity contribution in [3.05, 3.63) is 114 Å². The van der Waals surface area contributed by atoms with Crippen LogP contribution in [0.2, 0.25) is 19.6 Å². The Bertz CT molecular complexity index is 2070. The lowest BCUT2D eigenvalue weighted by molar-refractivity contribution is -0.717. The number of hydrogen-bond acceptors (Lipinski definition) is 3. The molecule has 4 nitrogen and oxygen atoms in total. The van der Waals surface area contributed by atoms with Crippen molar-refractivity contribution >= 4 is 41.0 Å². The molecule has 5 heterocycles. The van der Waals surface area contributed by atoms with Crippen LogP contribution in [0.3, 0.4) is 0 Å². The molecule has 5 heteroatoms. The van der Waals surface area contributed by atoms with Crippen LogP contribution in [0.25, 0.3) is 33.3 Å². The number of rotatable bonds is 6. The molecule has 47 heavy (non-hydrogen) atoms. The zero-order chi connectivity index (χ0) is 33.0. The largest absolute Gasteiger partial charge is 0.437 e. The van der Waals surface area contributed by atoms with Crippen LogP contribution in [0.15, 0.2) is 95.1 Å². The number of fused-ring (bicyclic) bond motifs is 11. The Morgan fingerprint density at radius 3 is 2.55 bits per heavy atom. The Morgan fingerprint density at radius 2 is 1.81 bits per heavy atom. The van der Waals surface area contributed by atoms with Crippen molar-refractivity contribution in [2.75, 3.05) is 0 Å². The molecule has 0 amide bonds. The van der Waals surface area contributed by atoms with Gasteiger partial charge in [-0.05, 0) is 73.1 Å². The van der Waals surface area contributed by atoms with E-state index in [-0.39, 0.29) is 6.04 Å². The fourth-order valence-corrected chi connectivity index (χ4v) is 9.85. The van der Waals surface area contributed by atoms with Crippen LogP contribution in [0.4, 0.5) is 0 Å². The smallest absolute Gasteiger partial charge is 0.227 e. The number of aromatic nitrogens is 2. The standard InChI is InChI=1S/C42H48N3OSi/c1-9-28(10-2)23-30-24-38-32-15-13-12-14-31(32)33-20-17-29-18-21-34-35-19-16-26(4)44-42(35)46-41(34)40(29)36(11-3)43-27(5)22-37(33)45(38)25-39(30)47(6,7)8/h11-16,18-19,21,24-25,28,33,37H,3,5,9-10,17,20,22-23H2,1-2,4,6-8H3/q+1/b43-36-. The van der Waals surface area contributed by atoms with E-state index in [2.05, 4.69) is 106 Å². The van der Waals surface area contributed by atoms with Gasteiger partial charge < -0.3 is 4.42 Å². The van der Waals surface area contributed by atoms with E-state index < -0.39 is 8.07 Å². The van der Waals surface area contributed by atoms with Crippen LogP contribution in [0.1, 0.15) is 79.4 Å². The quantitative estimate of drug-likeness (QED) is 0.137. The predicted octanol–water partition coefficient (Wildman–Crippen LogP) is 9.93. The normalized spacial score (nSPS) is 19.1. The highest BCUT2D eigenvalue weighted by Gasteiger charge is 2.42. The van der Waals surface area contributed by atoms with Crippen LogP contribution >= 0.6 is 0 Å². The monoisotopic (exact) mass is 638 g/mol. The molecular formula is C42H48N3OSi+. The van der Waals surface area contributed by atoms with Gasteiger partial charge in [0.2, 0.25) is 11.4 Å². The fraction of sp³-hybridized carbons (Fsp3) is 0.357. The van der Waals surface area contributed by atoms with E-state index in [0.29, 0.717) is 17.5 Å². The van der Waals surface area contributed by atoms with Crippen molar-refractivity contribution in [2.24, 2.45) is 10.9 Å². The van der Waals surface area contributed by atoms with Gasteiger partial charge in [-0.15, -0.1) is 0 Å². The van der Waals surface area contributed by atoms with E-state index in [1.54, 1.807) is 10.8 Å². The predicted molar refractivity (Wildman–Crippen MR) is 200 cm³/mol. The third kappa shape index (κ3) is 5.52. The van der Waals surface area contributed by atoms with E-state index in [9.17, 15) is 0 Å². The maximum atomic E-state index is 6.51. The summed E-state index contributed by atoms with van der Waals surface area (Å²) in [6.07, 6.45) is 10.7. The second-order valence-corrected chi connectivity index (χ2v) is 19.8. The van der Waals surface area contributed by atoms with Crippen molar-refractivity contribution in [3.8, 4) is 11.3 Å². The highest BCUT2D eigenvalue weighted by atomic mass is 28.3. The molecule has 3 aromatic heterocycles. The highest BCUT2D eigenvalue weighted by Crippen LogP contribution is 2.44. The van der Waals surface area contributed by atoms with E-state index >= 15 is 0 Å². The molecule has 0 N–H and O–H groups in total. The first-order chi connectivity index (χ1) is 22.6. The minimum atomic E-state index is -1.64. The zero-order valence-corrected chi connectivity index (χ0v) is 30.0. The number of allylic oxidation sites excluding steroid dienone is 2. The number of aliphatic imine (C=N–C) groups is 1. The molecule has 240 valence electrons. The number of pyridine rings is 2. The first-order valence-corrected chi connectivity index (χ1v) is 21.0. The second-order valence-electron chi connectivity index (χ2n) is 14.8. The van der Waals surface area contributed by atoms with E-state index in [0.717, 1.165) is 64.7 Å². The average molecular weight is 639 g/mol. The Hall–Kier alpha value is -4.09. The Labute approximate surface area is 281 Å². The molecule has 0 spiro atoms. The molecule has 2 aliphatic heterocycles. The van der Waals surface area contributed by atoms with Gasteiger partial charge in [-0.3, -0.25) is 4.99 Å². The molecule has 0 saturated carbocycles. The molecule has 0 saturated heterocycles. The Kier molecular flexibility index (Phi) is 8.16. The lowest BCUT2D eigenvalue weighted by atomic mass is 9.77. The molecule has 0 radical (unpaired) electrons. The Morgan fingerprint density at radius 1 is 1.04 bits per heavy atom. The lowest BCUT2D eigenvalue weighted by Gasteiger charge is -2.33. The molecule has 5 aromatic rings. The van der Waals surface area contributed by atoms with Gasteiger partial charge in [-0.25, -0.2) is 4.98 Å².